The molecule has 0 aliphatic rings. The van der Waals surface area contributed by atoms with E-state index in [-0.39, 0.29) is 0 Å². The van der Waals surface area contributed by atoms with Gasteiger partial charge in [0.2, 0.25) is 0 Å². The first-order chi connectivity index (χ1) is 12.8. The first-order valence-electron chi connectivity index (χ1n) is 8.78. The molecule has 1 nitrogen and oxygen atoms in total. The fourth-order valence-electron chi connectivity index (χ4n) is 3.82. The first-order valence-corrected chi connectivity index (χ1v) is 16.6. The van der Waals surface area contributed by atoms with Gasteiger partial charge in [-0.2, -0.15) is 0 Å². The Balaban J connectivity index is 2.17. The fourth-order valence-corrected chi connectivity index (χ4v) is 22.6. The summed E-state index contributed by atoms with van der Waals surface area (Å²) < 4.78 is 5.14. The number of phenolic OH excluding ortho intramolecular Hbond substituents is 1. The molecule has 0 heterocycles. The van der Waals surface area contributed by atoms with Crippen LogP contribution in [0, 0.1) is 0 Å². The molecule has 0 amide bonds. The van der Waals surface area contributed by atoms with E-state index in [0.717, 1.165) is 3.12 Å². The summed E-state index contributed by atoms with van der Waals surface area (Å²) >= 11 is -3.80. The maximum atomic E-state index is 10.9. The second-order valence-corrected chi connectivity index (χ2v) is 21.0. The van der Waals surface area contributed by atoms with Crippen LogP contribution in [-0.4, -0.2) is 26.3 Å². The standard InChI is InChI=1S/C6H5O.3C6H5.Pb/c7-6-4-2-1-3-5-6;3*1-2-4-6-5-3-1;/h1-4,7H;3*1-5H;. The van der Waals surface area contributed by atoms with Crippen molar-refractivity contribution in [2.75, 3.05) is 0 Å². The molecule has 2 heteroatoms. The van der Waals surface area contributed by atoms with Gasteiger partial charge in [0.05, 0.1) is 0 Å². The second kappa shape index (κ2) is 7.46. The monoisotopic (exact) mass is 532 g/mol. The van der Waals surface area contributed by atoms with Crippen molar-refractivity contribution in [3.8, 4) is 5.75 Å². The summed E-state index contributed by atoms with van der Waals surface area (Å²) in [5.74, 6) is 0.394. The Kier molecular flexibility index (Phi) is 4.89. The molecule has 4 aromatic rings. The van der Waals surface area contributed by atoms with Gasteiger partial charge in [0.25, 0.3) is 0 Å². The first kappa shape index (κ1) is 17.0. The fraction of sp³-hybridized carbons (Fsp3) is 0. The van der Waals surface area contributed by atoms with Crippen LogP contribution in [0.3, 0.4) is 0 Å². The second-order valence-electron chi connectivity index (χ2n) is 6.37. The van der Waals surface area contributed by atoms with Crippen molar-refractivity contribution >= 4 is 33.7 Å². The minimum atomic E-state index is -3.80. The van der Waals surface area contributed by atoms with Gasteiger partial charge in [-0.1, -0.05) is 0 Å². The Morgan fingerprint density at radius 2 is 0.769 bits per heavy atom. The summed E-state index contributed by atoms with van der Waals surface area (Å²) in [6, 6.07) is 40.1. The van der Waals surface area contributed by atoms with E-state index >= 15 is 0 Å². The molecule has 0 saturated carbocycles. The van der Waals surface area contributed by atoms with E-state index in [0.29, 0.717) is 5.75 Å². The number of benzene rings is 4. The molecule has 0 unspecified atom stereocenters. The van der Waals surface area contributed by atoms with Gasteiger partial charge < -0.3 is 0 Å². The molecule has 126 valence electrons. The number of rotatable bonds is 4. The summed E-state index contributed by atoms with van der Waals surface area (Å²) in [6.45, 7) is 0. The molecule has 0 saturated heterocycles. The molecule has 0 aliphatic carbocycles. The van der Waals surface area contributed by atoms with Gasteiger partial charge in [0, 0.05) is 0 Å². The zero-order chi connectivity index (χ0) is 17.8. The Morgan fingerprint density at radius 3 is 1.15 bits per heavy atom. The van der Waals surface area contributed by atoms with Crippen molar-refractivity contribution in [2.24, 2.45) is 0 Å². The Bertz CT molecular complexity index is 885. The zero-order valence-corrected chi connectivity index (χ0v) is 18.3. The third-order valence-corrected chi connectivity index (χ3v) is 23.7. The van der Waals surface area contributed by atoms with Gasteiger partial charge in [0.15, 0.2) is 0 Å². The van der Waals surface area contributed by atoms with Crippen molar-refractivity contribution in [2.45, 2.75) is 0 Å². The van der Waals surface area contributed by atoms with Crippen LogP contribution < -0.4 is 12.5 Å². The third-order valence-electron chi connectivity index (χ3n) is 4.93. The predicted octanol–water partition coefficient (Wildman–Crippen LogP) is 2.77. The Morgan fingerprint density at radius 1 is 0.423 bits per heavy atom. The summed E-state index contributed by atoms with van der Waals surface area (Å²) in [6.07, 6.45) is 0. The van der Waals surface area contributed by atoms with Gasteiger partial charge in [-0.15, -0.1) is 0 Å². The van der Waals surface area contributed by atoms with Crippen molar-refractivity contribution in [1.82, 2.24) is 0 Å². The van der Waals surface area contributed by atoms with E-state index in [1.807, 2.05) is 18.2 Å². The maximum absolute atomic E-state index is 10.9. The Labute approximate surface area is 159 Å². The summed E-state index contributed by atoms with van der Waals surface area (Å²) in [4.78, 5) is 0. The summed E-state index contributed by atoms with van der Waals surface area (Å²) in [5, 5.41) is 10.9. The van der Waals surface area contributed by atoms with Gasteiger partial charge in [-0.25, -0.2) is 0 Å². The van der Waals surface area contributed by atoms with Crippen LogP contribution in [0.2, 0.25) is 0 Å². The number of aromatic hydroxyl groups is 1. The van der Waals surface area contributed by atoms with Crippen LogP contribution in [0.1, 0.15) is 0 Å². The third kappa shape index (κ3) is 2.86. The van der Waals surface area contributed by atoms with E-state index in [9.17, 15) is 5.11 Å². The average Bonchev–Trinajstić information content (AvgIpc) is 2.72. The van der Waals surface area contributed by atoms with E-state index in [4.69, 9.17) is 0 Å². The van der Waals surface area contributed by atoms with E-state index in [1.54, 1.807) is 0 Å². The summed E-state index contributed by atoms with van der Waals surface area (Å²) in [7, 11) is 0. The van der Waals surface area contributed by atoms with E-state index in [2.05, 4.69) is 97.1 Å². The molecule has 0 aliphatic heterocycles. The van der Waals surface area contributed by atoms with E-state index in [1.165, 1.54) is 9.37 Å². The average molecular weight is 532 g/mol. The molecule has 0 fully saturated rings. The van der Waals surface area contributed by atoms with E-state index < -0.39 is 21.2 Å². The van der Waals surface area contributed by atoms with Crippen molar-refractivity contribution in [3.63, 3.8) is 0 Å². The molecule has 4 rings (SSSR count). The molecular formula is C24H20OPb. The molecule has 4 aromatic carbocycles. The number of hydrogen-bond acceptors (Lipinski definition) is 1. The number of hydrogen-bond donors (Lipinski definition) is 1. The van der Waals surface area contributed by atoms with Gasteiger partial charge in [-0.05, 0) is 0 Å². The molecule has 0 atom stereocenters. The predicted molar refractivity (Wildman–Crippen MR) is 112 cm³/mol. The number of para-hydroxylation sites is 1. The number of phenols is 1. The van der Waals surface area contributed by atoms with Crippen molar-refractivity contribution in [3.05, 3.63) is 115 Å². The minimum absolute atomic E-state index is 0.394. The van der Waals surface area contributed by atoms with Crippen molar-refractivity contribution in [1.29, 1.82) is 0 Å². The van der Waals surface area contributed by atoms with Crippen LogP contribution in [0.15, 0.2) is 115 Å². The van der Waals surface area contributed by atoms with Crippen LogP contribution in [0.25, 0.3) is 0 Å². The van der Waals surface area contributed by atoms with Gasteiger partial charge >= 0.3 is 160 Å². The van der Waals surface area contributed by atoms with Crippen LogP contribution in [-0.2, 0) is 0 Å². The molecule has 0 spiro atoms. The van der Waals surface area contributed by atoms with Crippen molar-refractivity contribution < 1.29 is 5.11 Å². The zero-order valence-electron chi connectivity index (χ0n) is 14.4. The quantitative estimate of drug-likeness (QED) is 0.402. The molecule has 1 N–H and O–H groups in total. The topological polar surface area (TPSA) is 20.2 Å². The van der Waals surface area contributed by atoms with Crippen LogP contribution >= 0.6 is 0 Å². The summed E-state index contributed by atoms with van der Waals surface area (Å²) in [5.41, 5.74) is 0. The van der Waals surface area contributed by atoms with Crippen LogP contribution in [0.4, 0.5) is 0 Å². The SMILES string of the molecule is Oc1cccc[c]1[Pb]([c]1ccccc1)([c]1ccccc1)[c]1ccccc1. The van der Waals surface area contributed by atoms with Gasteiger partial charge in [-0.3, -0.25) is 0 Å². The molecular weight excluding hydrogens is 511 g/mol. The van der Waals surface area contributed by atoms with Crippen LogP contribution in [0.5, 0.6) is 5.75 Å². The molecule has 26 heavy (non-hydrogen) atoms. The molecule has 0 bridgehead atoms. The van der Waals surface area contributed by atoms with Gasteiger partial charge in [0.1, 0.15) is 0 Å². The Hall–Kier alpha value is -2.40. The molecule has 0 radical (unpaired) electrons. The normalized spacial score (nSPS) is 11.2. The molecule has 0 aromatic heterocycles.